The van der Waals surface area contributed by atoms with Gasteiger partial charge in [0.15, 0.2) is 0 Å². The van der Waals surface area contributed by atoms with Gasteiger partial charge in [-0.3, -0.25) is 13.9 Å². The Hall–Kier alpha value is -4.34. The van der Waals surface area contributed by atoms with Crippen molar-refractivity contribution in [3.05, 3.63) is 125 Å². The summed E-state index contributed by atoms with van der Waals surface area (Å²) in [4.78, 5) is 29.2. The van der Waals surface area contributed by atoms with Gasteiger partial charge in [-0.25, -0.2) is 8.42 Å². The zero-order chi connectivity index (χ0) is 31.7. The zero-order valence-electron chi connectivity index (χ0n) is 24.9. The topological polar surface area (TPSA) is 96.0 Å². The maximum Gasteiger partial charge on any atom is 0.264 e. The van der Waals surface area contributed by atoms with Crippen molar-refractivity contribution in [2.45, 2.75) is 37.8 Å². The Balaban J connectivity index is 1.79. The molecule has 0 spiro atoms. The largest absolute Gasteiger partial charge is 0.494 e. The summed E-state index contributed by atoms with van der Waals surface area (Å²) in [6.07, 6.45) is 0.213. The van der Waals surface area contributed by atoms with E-state index in [0.29, 0.717) is 22.9 Å². The average molecular weight is 634 g/mol. The maximum absolute atomic E-state index is 14.4. The molecule has 44 heavy (non-hydrogen) atoms. The van der Waals surface area contributed by atoms with Crippen LogP contribution in [0.4, 0.5) is 5.69 Å². The Morgan fingerprint density at radius 1 is 0.886 bits per heavy atom. The van der Waals surface area contributed by atoms with Crippen LogP contribution < -0.4 is 14.4 Å². The normalized spacial score (nSPS) is 11.8. The van der Waals surface area contributed by atoms with Gasteiger partial charge in [-0.1, -0.05) is 77.8 Å². The summed E-state index contributed by atoms with van der Waals surface area (Å²) >= 11 is 6.50. The van der Waals surface area contributed by atoms with Crippen LogP contribution in [0.15, 0.2) is 108 Å². The van der Waals surface area contributed by atoms with E-state index in [9.17, 15) is 18.0 Å². The number of anilines is 1. The number of nitrogens with zero attached hydrogens (tertiary/aromatic N) is 2. The van der Waals surface area contributed by atoms with Gasteiger partial charge in [0.1, 0.15) is 18.3 Å². The van der Waals surface area contributed by atoms with Gasteiger partial charge < -0.3 is 15.0 Å². The van der Waals surface area contributed by atoms with E-state index in [4.69, 9.17) is 16.3 Å². The van der Waals surface area contributed by atoms with E-state index in [2.05, 4.69) is 5.32 Å². The summed E-state index contributed by atoms with van der Waals surface area (Å²) in [5, 5.41) is 3.10. The first-order valence-electron chi connectivity index (χ1n) is 14.2. The van der Waals surface area contributed by atoms with E-state index in [-0.39, 0.29) is 29.5 Å². The maximum atomic E-state index is 14.4. The Kier molecular flexibility index (Phi) is 11.0. The number of aryl methyl sites for hydroxylation is 1. The molecule has 10 heteroatoms. The summed E-state index contributed by atoms with van der Waals surface area (Å²) < 4.78 is 34.8. The highest BCUT2D eigenvalue weighted by atomic mass is 35.5. The molecule has 230 valence electrons. The van der Waals surface area contributed by atoms with Gasteiger partial charge in [0.05, 0.1) is 17.2 Å². The van der Waals surface area contributed by atoms with Crippen LogP contribution in [0.1, 0.15) is 23.6 Å². The summed E-state index contributed by atoms with van der Waals surface area (Å²) in [5.74, 6) is -0.388. The summed E-state index contributed by atoms with van der Waals surface area (Å²) in [6, 6.07) is 28.4. The molecule has 0 radical (unpaired) electrons. The predicted molar refractivity (Wildman–Crippen MR) is 173 cm³/mol. The molecule has 0 saturated heterocycles. The lowest BCUT2D eigenvalue weighted by atomic mass is 10.0. The van der Waals surface area contributed by atoms with Crippen molar-refractivity contribution in [2.24, 2.45) is 0 Å². The summed E-state index contributed by atoms with van der Waals surface area (Å²) in [6.45, 7) is 3.60. The number of carbonyl (C=O) groups excluding carboxylic acids is 2. The number of hydrogen-bond acceptors (Lipinski definition) is 5. The van der Waals surface area contributed by atoms with Gasteiger partial charge in [0, 0.05) is 25.0 Å². The van der Waals surface area contributed by atoms with Crippen LogP contribution in [0.25, 0.3) is 0 Å². The molecule has 0 aliphatic heterocycles. The minimum Gasteiger partial charge on any atom is -0.494 e. The van der Waals surface area contributed by atoms with Crippen LogP contribution in [0, 0.1) is 6.92 Å². The van der Waals surface area contributed by atoms with Crippen molar-refractivity contribution < 1.29 is 22.7 Å². The first-order valence-corrected chi connectivity index (χ1v) is 16.1. The summed E-state index contributed by atoms with van der Waals surface area (Å²) in [7, 11) is -2.69. The molecule has 1 unspecified atom stereocenters. The van der Waals surface area contributed by atoms with E-state index in [1.54, 1.807) is 60.7 Å². The first-order chi connectivity index (χ1) is 21.1. The Morgan fingerprint density at radius 3 is 2.14 bits per heavy atom. The number of benzene rings is 4. The Labute approximate surface area is 264 Å². The second-order valence-electron chi connectivity index (χ2n) is 10.2. The fourth-order valence-corrected chi connectivity index (χ4v) is 6.38. The zero-order valence-corrected chi connectivity index (χ0v) is 26.5. The number of carbonyl (C=O) groups is 2. The molecule has 0 aliphatic carbocycles. The minimum atomic E-state index is -4.20. The van der Waals surface area contributed by atoms with Crippen LogP contribution in [-0.4, -0.2) is 51.4 Å². The van der Waals surface area contributed by atoms with E-state index in [1.807, 2.05) is 44.2 Å². The van der Waals surface area contributed by atoms with Gasteiger partial charge in [0.2, 0.25) is 11.8 Å². The highest BCUT2D eigenvalue weighted by molar-refractivity contribution is 7.92. The molecule has 0 heterocycles. The molecule has 0 aromatic heterocycles. The molecule has 8 nitrogen and oxygen atoms in total. The number of amides is 2. The van der Waals surface area contributed by atoms with Crippen molar-refractivity contribution in [1.82, 2.24) is 10.2 Å². The Morgan fingerprint density at radius 2 is 1.52 bits per heavy atom. The monoisotopic (exact) mass is 633 g/mol. The number of halogens is 1. The van der Waals surface area contributed by atoms with Crippen molar-refractivity contribution in [1.29, 1.82) is 0 Å². The molecule has 0 aliphatic rings. The molecule has 0 fully saturated rings. The SMILES string of the molecule is CCOc1ccc(N(CC(=O)N(Cc2ccccc2Cl)C(Cc2ccccc2)C(=O)NC)S(=O)(=O)c2ccc(C)cc2)cc1. The number of nitrogens with one attached hydrogen (secondary N) is 1. The third kappa shape index (κ3) is 7.98. The molecule has 0 bridgehead atoms. The molecule has 0 saturated carbocycles. The van der Waals surface area contributed by atoms with Crippen LogP contribution >= 0.6 is 11.6 Å². The van der Waals surface area contributed by atoms with Gasteiger partial charge in [-0.2, -0.15) is 0 Å². The number of sulfonamides is 1. The Bertz CT molecular complexity index is 1660. The van der Waals surface area contributed by atoms with Gasteiger partial charge in [0.25, 0.3) is 10.0 Å². The molecule has 1 atom stereocenters. The molecular weight excluding hydrogens is 598 g/mol. The predicted octanol–water partition coefficient (Wildman–Crippen LogP) is 5.63. The number of hydrogen-bond donors (Lipinski definition) is 1. The molecule has 4 rings (SSSR count). The van der Waals surface area contributed by atoms with Gasteiger partial charge in [-0.15, -0.1) is 0 Å². The van der Waals surface area contributed by atoms with Crippen LogP contribution in [0.3, 0.4) is 0 Å². The van der Waals surface area contributed by atoms with E-state index in [0.717, 1.165) is 15.4 Å². The highest BCUT2D eigenvalue weighted by Crippen LogP contribution is 2.28. The fourth-order valence-electron chi connectivity index (χ4n) is 4.77. The lowest BCUT2D eigenvalue weighted by molar-refractivity contribution is -0.139. The second-order valence-corrected chi connectivity index (χ2v) is 12.5. The third-order valence-electron chi connectivity index (χ3n) is 7.14. The second kappa shape index (κ2) is 14.9. The van der Waals surface area contributed by atoms with E-state index < -0.39 is 28.5 Å². The van der Waals surface area contributed by atoms with Crippen LogP contribution in [-0.2, 0) is 32.6 Å². The molecule has 4 aromatic rings. The first kappa shape index (κ1) is 32.6. The molecular formula is C34H36ClN3O5S. The number of ether oxygens (including phenoxy) is 1. The quantitative estimate of drug-likeness (QED) is 0.206. The average Bonchev–Trinajstić information content (AvgIpc) is 3.03. The van der Waals surface area contributed by atoms with Gasteiger partial charge in [-0.05, 0) is 67.4 Å². The number of likely N-dealkylation sites (N-methyl/N-ethyl adjacent to an activating group) is 1. The van der Waals surface area contributed by atoms with E-state index >= 15 is 0 Å². The van der Waals surface area contributed by atoms with Crippen molar-refractivity contribution in [3.8, 4) is 5.75 Å². The third-order valence-corrected chi connectivity index (χ3v) is 9.30. The van der Waals surface area contributed by atoms with Gasteiger partial charge >= 0.3 is 0 Å². The van der Waals surface area contributed by atoms with Crippen molar-refractivity contribution in [3.63, 3.8) is 0 Å². The van der Waals surface area contributed by atoms with Crippen molar-refractivity contribution >= 4 is 39.1 Å². The van der Waals surface area contributed by atoms with Crippen LogP contribution in [0.5, 0.6) is 5.75 Å². The summed E-state index contributed by atoms with van der Waals surface area (Å²) in [5.41, 5.74) is 2.64. The number of rotatable bonds is 13. The molecule has 1 N–H and O–H groups in total. The molecule has 4 aromatic carbocycles. The van der Waals surface area contributed by atoms with E-state index in [1.165, 1.54) is 24.1 Å². The fraction of sp³-hybridized carbons (Fsp3) is 0.235. The smallest absolute Gasteiger partial charge is 0.264 e. The minimum absolute atomic E-state index is 0.00881. The van der Waals surface area contributed by atoms with Crippen LogP contribution in [0.2, 0.25) is 5.02 Å². The molecule has 2 amide bonds. The van der Waals surface area contributed by atoms with Crippen molar-refractivity contribution in [2.75, 3.05) is 24.5 Å². The lowest BCUT2D eigenvalue weighted by Crippen LogP contribution is -2.53. The highest BCUT2D eigenvalue weighted by Gasteiger charge is 2.34. The standard InChI is InChI=1S/C34H36ClN3O5S/c1-4-43-29-18-16-28(17-19-29)38(44(41,42)30-20-14-25(2)15-21-30)24-33(39)37(23-27-12-8-9-13-31(27)35)32(34(40)36-3)22-26-10-6-5-7-11-26/h5-21,32H,4,22-24H2,1-3H3,(H,36,40). The lowest BCUT2D eigenvalue weighted by Gasteiger charge is -2.33.